The molecule has 11 heteroatoms. The number of carboxylic acid groups (broad SMARTS) is 1. The molecule has 21 heavy (non-hydrogen) atoms. The van der Waals surface area contributed by atoms with Crippen molar-refractivity contribution in [3.8, 4) is 0 Å². The Morgan fingerprint density at radius 2 is 2.19 bits per heavy atom. The van der Waals surface area contributed by atoms with Crippen LogP contribution in [-0.4, -0.2) is 39.6 Å². The molecular formula is C10H13N5O5S. The van der Waals surface area contributed by atoms with Crippen molar-refractivity contribution in [3.63, 3.8) is 0 Å². The molecule has 2 rings (SSSR count). The Morgan fingerprint density at radius 1 is 1.48 bits per heavy atom. The van der Waals surface area contributed by atoms with Gasteiger partial charge in [-0.2, -0.15) is 0 Å². The number of aryl methyl sites for hydroxylation is 2. The second-order valence-electron chi connectivity index (χ2n) is 4.28. The average molecular weight is 315 g/mol. The fourth-order valence-corrected chi connectivity index (χ4v) is 3.06. The molecule has 0 amide bonds. The maximum absolute atomic E-state index is 12.1. The van der Waals surface area contributed by atoms with E-state index in [9.17, 15) is 13.2 Å². The van der Waals surface area contributed by atoms with Crippen molar-refractivity contribution < 1.29 is 22.8 Å². The van der Waals surface area contributed by atoms with Crippen LogP contribution in [0.2, 0.25) is 0 Å². The first-order chi connectivity index (χ1) is 9.79. The van der Waals surface area contributed by atoms with E-state index in [-0.39, 0.29) is 29.4 Å². The number of carboxylic acids is 1. The standard InChI is InChI=1S/C10H13N5O5S/c1-6-10(7(2)20-13-6)21(18,19)11-3-8-4-15(14-12-8)5-9(16)17/h4,11H,3,5H2,1-2H3,(H,16,17). The van der Waals surface area contributed by atoms with Crippen molar-refractivity contribution in [2.24, 2.45) is 0 Å². The zero-order valence-corrected chi connectivity index (χ0v) is 12.1. The van der Waals surface area contributed by atoms with Crippen molar-refractivity contribution in [1.29, 1.82) is 0 Å². The van der Waals surface area contributed by atoms with Crippen LogP contribution >= 0.6 is 0 Å². The normalized spacial score (nSPS) is 11.7. The number of carbonyl (C=O) groups is 1. The highest BCUT2D eigenvalue weighted by Crippen LogP contribution is 2.18. The fraction of sp³-hybridized carbons (Fsp3) is 0.400. The van der Waals surface area contributed by atoms with Gasteiger partial charge in [-0.05, 0) is 13.8 Å². The first kappa shape index (κ1) is 15.1. The topological polar surface area (TPSA) is 140 Å². The van der Waals surface area contributed by atoms with Crippen molar-refractivity contribution in [2.45, 2.75) is 31.8 Å². The predicted molar refractivity (Wildman–Crippen MR) is 67.7 cm³/mol. The first-order valence-electron chi connectivity index (χ1n) is 5.83. The minimum Gasteiger partial charge on any atom is -0.480 e. The third-order valence-electron chi connectivity index (χ3n) is 2.56. The number of rotatable bonds is 6. The molecule has 0 unspecified atom stereocenters. The number of aromatic nitrogens is 4. The summed E-state index contributed by atoms with van der Waals surface area (Å²) in [5.41, 5.74) is 0.557. The van der Waals surface area contributed by atoms with Gasteiger partial charge in [-0.3, -0.25) is 4.79 Å². The molecule has 2 N–H and O–H groups in total. The average Bonchev–Trinajstić information content (AvgIpc) is 2.94. The van der Waals surface area contributed by atoms with Gasteiger partial charge in [-0.25, -0.2) is 17.8 Å². The lowest BCUT2D eigenvalue weighted by Crippen LogP contribution is -2.24. The lowest BCUT2D eigenvalue weighted by atomic mass is 10.4. The van der Waals surface area contributed by atoms with E-state index in [2.05, 4.69) is 20.2 Å². The van der Waals surface area contributed by atoms with Crippen molar-refractivity contribution >= 4 is 16.0 Å². The molecular weight excluding hydrogens is 302 g/mol. The van der Waals surface area contributed by atoms with Crippen molar-refractivity contribution in [2.75, 3.05) is 0 Å². The number of aliphatic carboxylic acids is 1. The SMILES string of the molecule is Cc1noc(C)c1S(=O)(=O)NCc1cn(CC(=O)O)nn1. The molecule has 0 radical (unpaired) electrons. The molecule has 0 aliphatic heterocycles. The number of hydrogen-bond acceptors (Lipinski definition) is 7. The Hall–Kier alpha value is -2.27. The number of nitrogens with one attached hydrogen (secondary N) is 1. The summed E-state index contributed by atoms with van der Waals surface area (Å²) in [5, 5.41) is 19.4. The molecule has 2 heterocycles. The molecule has 0 bridgehead atoms. The van der Waals surface area contributed by atoms with Crippen LogP contribution in [0.3, 0.4) is 0 Å². The molecule has 0 aromatic carbocycles. The monoisotopic (exact) mass is 315 g/mol. The van der Waals surface area contributed by atoms with Gasteiger partial charge in [0.1, 0.15) is 17.1 Å². The lowest BCUT2D eigenvalue weighted by molar-refractivity contribution is -0.137. The number of sulfonamides is 1. The second kappa shape index (κ2) is 5.61. The van der Waals surface area contributed by atoms with Gasteiger partial charge in [0, 0.05) is 0 Å². The number of nitrogens with zero attached hydrogens (tertiary/aromatic N) is 4. The van der Waals surface area contributed by atoms with Gasteiger partial charge in [-0.15, -0.1) is 5.10 Å². The molecule has 0 atom stereocenters. The minimum atomic E-state index is -3.79. The first-order valence-corrected chi connectivity index (χ1v) is 7.31. The maximum Gasteiger partial charge on any atom is 0.325 e. The van der Waals surface area contributed by atoms with Gasteiger partial charge in [0.05, 0.1) is 18.4 Å². The molecule has 0 saturated heterocycles. The van der Waals surface area contributed by atoms with E-state index < -0.39 is 16.0 Å². The van der Waals surface area contributed by atoms with E-state index in [4.69, 9.17) is 9.63 Å². The van der Waals surface area contributed by atoms with Gasteiger partial charge in [-0.1, -0.05) is 10.4 Å². The van der Waals surface area contributed by atoms with Crippen LogP contribution in [0.25, 0.3) is 0 Å². The zero-order valence-electron chi connectivity index (χ0n) is 11.3. The van der Waals surface area contributed by atoms with Gasteiger partial charge < -0.3 is 9.63 Å². The molecule has 0 aliphatic carbocycles. The van der Waals surface area contributed by atoms with Gasteiger partial charge >= 0.3 is 5.97 Å². The summed E-state index contributed by atoms with van der Waals surface area (Å²) in [7, 11) is -3.79. The summed E-state index contributed by atoms with van der Waals surface area (Å²) in [4.78, 5) is 10.5. The van der Waals surface area contributed by atoms with Crippen LogP contribution in [0.4, 0.5) is 0 Å². The largest absolute Gasteiger partial charge is 0.480 e. The summed E-state index contributed by atoms with van der Waals surface area (Å²) in [6, 6.07) is 0. The highest BCUT2D eigenvalue weighted by molar-refractivity contribution is 7.89. The van der Waals surface area contributed by atoms with Gasteiger partial charge in [0.15, 0.2) is 5.76 Å². The van der Waals surface area contributed by atoms with Crippen LogP contribution < -0.4 is 4.72 Å². The minimum absolute atomic E-state index is 0.0135. The van der Waals surface area contributed by atoms with Crippen LogP contribution in [0.5, 0.6) is 0 Å². The predicted octanol–water partition coefficient (Wildman–Crippen LogP) is -0.554. The van der Waals surface area contributed by atoms with Crippen LogP contribution in [0.15, 0.2) is 15.6 Å². The smallest absolute Gasteiger partial charge is 0.325 e. The molecule has 114 valence electrons. The molecule has 0 aliphatic rings. The summed E-state index contributed by atoms with van der Waals surface area (Å²) < 4.78 is 32.5. The van der Waals surface area contributed by atoms with E-state index in [0.29, 0.717) is 5.69 Å². The molecule has 2 aromatic rings. The molecule has 0 saturated carbocycles. The van der Waals surface area contributed by atoms with Crippen LogP contribution in [-0.2, 0) is 27.9 Å². The van der Waals surface area contributed by atoms with Crippen LogP contribution in [0, 0.1) is 13.8 Å². The number of hydrogen-bond donors (Lipinski definition) is 2. The van der Waals surface area contributed by atoms with E-state index in [1.807, 2.05) is 0 Å². The van der Waals surface area contributed by atoms with E-state index in [1.165, 1.54) is 20.0 Å². The van der Waals surface area contributed by atoms with E-state index in [1.54, 1.807) is 0 Å². The summed E-state index contributed by atoms with van der Waals surface area (Å²) >= 11 is 0. The van der Waals surface area contributed by atoms with E-state index >= 15 is 0 Å². The molecule has 10 nitrogen and oxygen atoms in total. The summed E-state index contributed by atoms with van der Waals surface area (Å²) in [5.74, 6) is -0.878. The van der Waals surface area contributed by atoms with Gasteiger partial charge in [0.2, 0.25) is 10.0 Å². The van der Waals surface area contributed by atoms with E-state index in [0.717, 1.165) is 4.68 Å². The molecule has 2 aromatic heterocycles. The van der Waals surface area contributed by atoms with Gasteiger partial charge in [0.25, 0.3) is 0 Å². The quantitative estimate of drug-likeness (QED) is 0.723. The fourth-order valence-electron chi connectivity index (χ4n) is 1.73. The van der Waals surface area contributed by atoms with Crippen molar-refractivity contribution in [1.82, 2.24) is 24.9 Å². The Balaban J connectivity index is 2.09. The molecule has 0 fully saturated rings. The lowest BCUT2D eigenvalue weighted by Gasteiger charge is -2.03. The Bertz CT molecular complexity index is 743. The Morgan fingerprint density at radius 3 is 2.76 bits per heavy atom. The second-order valence-corrected chi connectivity index (χ2v) is 5.98. The van der Waals surface area contributed by atoms with Crippen molar-refractivity contribution in [3.05, 3.63) is 23.3 Å². The highest BCUT2D eigenvalue weighted by atomic mass is 32.2. The Kier molecular flexibility index (Phi) is 4.04. The highest BCUT2D eigenvalue weighted by Gasteiger charge is 2.24. The van der Waals surface area contributed by atoms with Crippen LogP contribution in [0.1, 0.15) is 17.1 Å². The third-order valence-corrected chi connectivity index (χ3v) is 4.21. The summed E-state index contributed by atoms with van der Waals surface area (Å²) in [6.45, 7) is 2.56. The summed E-state index contributed by atoms with van der Waals surface area (Å²) in [6.07, 6.45) is 1.35. The zero-order chi connectivity index (χ0) is 15.6. The molecule has 0 spiro atoms. The third kappa shape index (κ3) is 3.44. The Labute approximate surface area is 119 Å². The maximum atomic E-state index is 12.1.